The fourth-order valence-corrected chi connectivity index (χ4v) is 0.741. The highest BCUT2D eigenvalue weighted by atomic mass is 19.2. The molecule has 0 aliphatic carbocycles. The maximum Gasteiger partial charge on any atom is 0.242 e. The van der Waals surface area contributed by atoms with E-state index in [-0.39, 0.29) is 0 Å². The molecular weight excluding hydrogens is 211 g/mol. The van der Waals surface area contributed by atoms with Crippen molar-refractivity contribution in [3.63, 3.8) is 0 Å². The molecule has 0 spiro atoms. The molecule has 0 radical (unpaired) electrons. The smallest absolute Gasteiger partial charge is 0.242 e. The Balaban J connectivity index is 3.43. The molecule has 0 aliphatic rings. The minimum Gasteiger partial charge on any atom is -0.331 e. The third-order valence-electron chi connectivity index (χ3n) is 1.34. The lowest BCUT2D eigenvalue weighted by Crippen LogP contribution is -2.05. The number of rotatable bonds is 2. The predicted octanol–water partition coefficient (Wildman–Crippen LogP) is 2.32. The molecule has 0 bridgehead atoms. The second-order valence-electron chi connectivity index (χ2n) is 2.15. The molecular formula is C7H3F5O2. The molecule has 0 saturated heterocycles. The van der Waals surface area contributed by atoms with Crippen LogP contribution in [0.3, 0.4) is 0 Å². The summed E-state index contributed by atoms with van der Waals surface area (Å²) in [6.07, 6.45) is 0. The van der Waals surface area contributed by atoms with E-state index in [1.807, 2.05) is 0 Å². The van der Waals surface area contributed by atoms with E-state index in [1.54, 1.807) is 0 Å². The van der Waals surface area contributed by atoms with Gasteiger partial charge in [0.05, 0.1) is 7.11 Å². The van der Waals surface area contributed by atoms with Crippen LogP contribution in [-0.2, 0) is 4.89 Å². The highest BCUT2D eigenvalue weighted by Crippen LogP contribution is 2.28. The Kier molecular flexibility index (Phi) is 2.90. The summed E-state index contributed by atoms with van der Waals surface area (Å²) >= 11 is 0. The summed E-state index contributed by atoms with van der Waals surface area (Å²) in [4.78, 5) is 7.59. The van der Waals surface area contributed by atoms with E-state index in [1.165, 1.54) is 0 Å². The van der Waals surface area contributed by atoms with Crippen molar-refractivity contribution in [3.05, 3.63) is 29.1 Å². The Morgan fingerprint density at radius 3 is 1.43 bits per heavy atom. The maximum atomic E-state index is 12.7. The molecule has 7 heteroatoms. The Bertz CT molecular complexity index is 337. The van der Waals surface area contributed by atoms with Crippen LogP contribution in [0.15, 0.2) is 0 Å². The minimum absolute atomic E-state index is 0.859. The Labute approximate surface area is 74.8 Å². The van der Waals surface area contributed by atoms with Gasteiger partial charge < -0.3 is 4.89 Å². The van der Waals surface area contributed by atoms with Gasteiger partial charge in [0.1, 0.15) is 0 Å². The average Bonchev–Trinajstić information content (AvgIpc) is 2.19. The van der Waals surface area contributed by atoms with Crippen molar-refractivity contribution in [2.24, 2.45) is 0 Å². The van der Waals surface area contributed by atoms with Gasteiger partial charge in [-0.25, -0.2) is 13.2 Å². The number of halogens is 5. The molecule has 0 fully saturated rings. The molecule has 2 nitrogen and oxygen atoms in total. The van der Waals surface area contributed by atoms with E-state index in [0.29, 0.717) is 0 Å². The molecule has 0 N–H and O–H groups in total. The third kappa shape index (κ3) is 1.50. The van der Waals surface area contributed by atoms with Crippen molar-refractivity contribution in [1.29, 1.82) is 0 Å². The normalized spacial score (nSPS) is 10.4. The number of hydrogen-bond acceptors (Lipinski definition) is 2. The first-order valence-corrected chi connectivity index (χ1v) is 3.22. The van der Waals surface area contributed by atoms with Crippen LogP contribution in [0.4, 0.5) is 22.0 Å². The molecule has 0 aromatic heterocycles. The second-order valence-corrected chi connectivity index (χ2v) is 2.15. The lowest BCUT2D eigenvalue weighted by molar-refractivity contribution is -0.183. The molecule has 14 heavy (non-hydrogen) atoms. The summed E-state index contributed by atoms with van der Waals surface area (Å²) < 4.78 is 62.6. The zero-order chi connectivity index (χ0) is 10.9. The fraction of sp³-hybridized carbons (Fsp3) is 0.143. The summed E-state index contributed by atoms with van der Waals surface area (Å²) in [5, 5.41) is 0. The van der Waals surface area contributed by atoms with Crippen molar-refractivity contribution < 1.29 is 31.7 Å². The van der Waals surface area contributed by atoms with Crippen LogP contribution in [0.5, 0.6) is 5.75 Å². The molecule has 0 saturated carbocycles. The van der Waals surface area contributed by atoms with Crippen molar-refractivity contribution in [2.75, 3.05) is 7.11 Å². The summed E-state index contributed by atoms with van der Waals surface area (Å²) in [7, 11) is 0.859. The van der Waals surface area contributed by atoms with Gasteiger partial charge in [-0.2, -0.15) is 13.7 Å². The highest BCUT2D eigenvalue weighted by Gasteiger charge is 2.27. The first-order valence-electron chi connectivity index (χ1n) is 3.22. The van der Waals surface area contributed by atoms with Crippen LogP contribution in [0.1, 0.15) is 0 Å². The van der Waals surface area contributed by atoms with Gasteiger partial charge in [0, 0.05) is 0 Å². The standard InChI is InChI=1S/C7H3F5O2/c1-13-14-7-5(11)3(9)2(8)4(10)6(7)12/h1H3. The van der Waals surface area contributed by atoms with E-state index < -0.39 is 34.8 Å². The van der Waals surface area contributed by atoms with Crippen molar-refractivity contribution >= 4 is 0 Å². The quantitative estimate of drug-likeness (QED) is 0.247. The van der Waals surface area contributed by atoms with Crippen LogP contribution >= 0.6 is 0 Å². The predicted molar refractivity (Wildman–Crippen MR) is 33.9 cm³/mol. The summed E-state index contributed by atoms with van der Waals surface area (Å²) in [6, 6.07) is 0. The monoisotopic (exact) mass is 214 g/mol. The second kappa shape index (κ2) is 3.79. The molecule has 0 aliphatic heterocycles. The van der Waals surface area contributed by atoms with E-state index in [2.05, 4.69) is 9.78 Å². The molecule has 0 amide bonds. The van der Waals surface area contributed by atoms with Gasteiger partial charge in [-0.15, -0.1) is 0 Å². The SMILES string of the molecule is COOc1c(F)c(F)c(F)c(F)c1F. The zero-order valence-electron chi connectivity index (χ0n) is 6.71. The van der Waals surface area contributed by atoms with Gasteiger partial charge in [-0.1, -0.05) is 0 Å². The molecule has 0 unspecified atom stereocenters. The first kappa shape index (κ1) is 10.7. The van der Waals surface area contributed by atoms with Crippen molar-refractivity contribution in [2.45, 2.75) is 0 Å². The van der Waals surface area contributed by atoms with E-state index in [9.17, 15) is 22.0 Å². The van der Waals surface area contributed by atoms with Crippen LogP contribution in [-0.4, -0.2) is 7.11 Å². The van der Waals surface area contributed by atoms with Crippen molar-refractivity contribution in [3.8, 4) is 5.75 Å². The largest absolute Gasteiger partial charge is 0.331 e. The lowest BCUT2D eigenvalue weighted by Gasteiger charge is -2.05. The molecule has 0 heterocycles. The number of hydrogen-bond donors (Lipinski definition) is 0. The van der Waals surface area contributed by atoms with Crippen LogP contribution < -0.4 is 4.89 Å². The van der Waals surface area contributed by atoms with Crippen LogP contribution in [0.25, 0.3) is 0 Å². The fourth-order valence-electron chi connectivity index (χ4n) is 0.741. The Hall–Kier alpha value is -1.37. The van der Waals surface area contributed by atoms with E-state index in [4.69, 9.17) is 0 Å². The summed E-state index contributed by atoms with van der Waals surface area (Å²) in [5.74, 6) is -12.1. The van der Waals surface area contributed by atoms with Crippen LogP contribution in [0, 0.1) is 29.1 Å². The summed E-state index contributed by atoms with van der Waals surface area (Å²) in [6.45, 7) is 0. The molecule has 1 aromatic rings. The summed E-state index contributed by atoms with van der Waals surface area (Å²) in [5.41, 5.74) is 0. The van der Waals surface area contributed by atoms with Gasteiger partial charge in [0.25, 0.3) is 0 Å². The Morgan fingerprint density at radius 1 is 0.714 bits per heavy atom. The Morgan fingerprint density at radius 2 is 1.07 bits per heavy atom. The van der Waals surface area contributed by atoms with Gasteiger partial charge in [-0.3, -0.25) is 0 Å². The highest BCUT2D eigenvalue weighted by molar-refractivity contribution is 5.29. The van der Waals surface area contributed by atoms with Gasteiger partial charge in [0.15, 0.2) is 0 Å². The molecule has 78 valence electrons. The average molecular weight is 214 g/mol. The zero-order valence-corrected chi connectivity index (χ0v) is 6.71. The minimum atomic E-state index is -2.25. The van der Waals surface area contributed by atoms with Crippen LogP contribution in [0.2, 0.25) is 0 Å². The lowest BCUT2D eigenvalue weighted by atomic mass is 10.3. The molecule has 0 atom stereocenters. The first-order chi connectivity index (χ1) is 6.50. The molecule has 1 rings (SSSR count). The topological polar surface area (TPSA) is 18.5 Å². The maximum absolute atomic E-state index is 12.7. The van der Waals surface area contributed by atoms with Crippen molar-refractivity contribution in [1.82, 2.24) is 0 Å². The van der Waals surface area contributed by atoms with E-state index in [0.717, 1.165) is 7.11 Å². The van der Waals surface area contributed by atoms with E-state index >= 15 is 0 Å². The third-order valence-corrected chi connectivity index (χ3v) is 1.34. The number of benzene rings is 1. The van der Waals surface area contributed by atoms with Gasteiger partial charge in [0.2, 0.25) is 34.8 Å². The van der Waals surface area contributed by atoms with Gasteiger partial charge >= 0.3 is 0 Å². The molecule has 1 aromatic carbocycles. The van der Waals surface area contributed by atoms with Gasteiger partial charge in [-0.05, 0) is 0 Å².